The average molecular weight is 655 g/mol. The number of ether oxygens (including phenoxy) is 2. The second-order valence-electron chi connectivity index (χ2n) is 10.6. The van der Waals surface area contributed by atoms with E-state index in [-0.39, 0.29) is 46.8 Å². The average Bonchev–Trinajstić information content (AvgIpc) is 2.80. The summed E-state index contributed by atoms with van der Waals surface area (Å²) in [5.41, 5.74) is 0.646. The van der Waals surface area contributed by atoms with Crippen LogP contribution in [0.4, 0.5) is 0 Å². The molecule has 0 bridgehead atoms. The van der Waals surface area contributed by atoms with Crippen molar-refractivity contribution in [1.29, 1.82) is 5.26 Å². The number of nitrogens with zero attached hydrogens (tertiary/aromatic N) is 4. The molecule has 0 saturated heterocycles. The topological polar surface area (TPSA) is 98.0 Å². The van der Waals surface area contributed by atoms with E-state index in [2.05, 4.69) is 35.7 Å². The Kier molecular flexibility index (Phi) is 10.3. The summed E-state index contributed by atoms with van der Waals surface area (Å²) in [5.74, 6) is -0.183. The van der Waals surface area contributed by atoms with E-state index < -0.39 is 7.59 Å². The first kappa shape index (κ1) is 32.0. The minimum atomic E-state index is -1.95. The SMILES string of the molecule is CC1(C)CC(OC#N)CC(C)(CCC(=O)Oc2ccc(/C=C/c3nc(C(Cl)(Cl)Cl)nc(C(Cl)(Cl)Cl)n3)cc2)C1. The fraction of sp³-hybridized carbons (Fsp3) is 0.500. The van der Waals surface area contributed by atoms with E-state index in [1.807, 2.05) is 6.26 Å². The Morgan fingerprint density at radius 2 is 1.59 bits per heavy atom. The van der Waals surface area contributed by atoms with Gasteiger partial charge in [0.05, 0.1) is 0 Å². The Morgan fingerprint density at radius 3 is 2.13 bits per heavy atom. The second-order valence-corrected chi connectivity index (χ2v) is 15.2. The lowest BCUT2D eigenvalue weighted by atomic mass is 9.62. The van der Waals surface area contributed by atoms with E-state index >= 15 is 0 Å². The Hall–Kier alpha value is -1.53. The van der Waals surface area contributed by atoms with Gasteiger partial charge in [0.2, 0.25) is 7.59 Å². The molecule has 1 aromatic carbocycles. The van der Waals surface area contributed by atoms with Gasteiger partial charge in [-0.05, 0) is 60.3 Å². The van der Waals surface area contributed by atoms with E-state index in [0.29, 0.717) is 12.2 Å². The van der Waals surface area contributed by atoms with Crippen LogP contribution in [0, 0.1) is 22.3 Å². The maximum Gasteiger partial charge on any atom is 0.311 e. The van der Waals surface area contributed by atoms with Gasteiger partial charge < -0.3 is 9.47 Å². The maximum atomic E-state index is 12.6. The molecule has 2 unspecified atom stereocenters. The molecule has 0 aliphatic heterocycles. The standard InChI is InChI=1S/C26H26Cl6N4O3/c1-23(2)12-18(38-15-33)13-24(3,14-23)11-10-20(37)39-17-7-4-16(5-8-17)6-9-19-34-21(25(27,28)29)36-22(35-19)26(30,31)32/h4-9,18H,10-14H2,1-3H3/b9-6+. The number of carbonyl (C=O) groups is 1. The van der Waals surface area contributed by atoms with Crippen molar-refractivity contribution in [3.05, 3.63) is 47.3 Å². The number of esters is 1. The zero-order chi connectivity index (χ0) is 29.1. The monoisotopic (exact) mass is 652 g/mol. The van der Waals surface area contributed by atoms with E-state index in [0.717, 1.165) is 24.8 Å². The van der Waals surface area contributed by atoms with Crippen LogP contribution in [0.1, 0.15) is 75.9 Å². The van der Waals surface area contributed by atoms with Gasteiger partial charge in [0.15, 0.2) is 17.5 Å². The van der Waals surface area contributed by atoms with E-state index in [9.17, 15) is 4.79 Å². The molecule has 2 aromatic rings. The van der Waals surface area contributed by atoms with Gasteiger partial charge in [-0.1, -0.05) is 109 Å². The Morgan fingerprint density at radius 1 is 1.00 bits per heavy atom. The summed E-state index contributed by atoms with van der Waals surface area (Å²) < 4.78 is 6.90. The summed E-state index contributed by atoms with van der Waals surface area (Å²) in [4.78, 5) is 24.7. The molecule has 1 heterocycles. The van der Waals surface area contributed by atoms with Gasteiger partial charge in [-0.2, -0.15) is 5.26 Å². The van der Waals surface area contributed by atoms with Crippen LogP contribution in [-0.4, -0.2) is 27.0 Å². The van der Waals surface area contributed by atoms with Crippen LogP contribution in [0.15, 0.2) is 24.3 Å². The number of benzene rings is 1. The molecule has 3 rings (SSSR count). The molecule has 1 aromatic heterocycles. The third-order valence-electron chi connectivity index (χ3n) is 6.25. The molecule has 210 valence electrons. The molecular weight excluding hydrogens is 629 g/mol. The molecule has 1 fully saturated rings. The third-order valence-corrected chi connectivity index (χ3v) is 7.27. The minimum Gasteiger partial charge on any atom is -0.427 e. The van der Waals surface area contributed by atoms with Crippen LogP contribution < -0.4 is 4.74 Å². The van der Waals surface area contributed by atoms with Gasteiger partial charge >= 0.3 is 5.97 Å². The molecule has 1 saturated carbocycles. The summed E-state index contributed by atoms with van der Waals surface area (Å²) in [5, 5.41) is 8.94. The number of alkyl halides is 6. The number of hydrogen-bond donors (Lipinski definition) is 0. The van der Waals surface area contributed by atoms with Gasteiger partial charge in [0.25, 0.3) is 6.26 Å². The number of hydrogen-bond acceptors (Lipinski definition) is 7. The largest absolute Gasteiger partial charge is 0.427 e. The van der Waals surface area contributed by atoms with Crippen LogP contribution in [0.5, 0.6) is 5.75 Å². The van der Waals surface area contributed by atoms with Gasteiger partial charge in [-0.25, -0.2) is 15.0 Å². The number of nitriles is 1. The van der Waals surface area contributed by atoms with Crippen LogP contribution in [0.25, 0.3) is 12.2 Å². The zero-order valence-corrected chi connectivity index (χ0v) is 25.9. The lowest BCUT2D eigenvalue weighted by Crippen LogP contribution is -2.39. The predicted octanol–water partition coefficient (Wildman–Crippen LogP) is 8.46. The van der Waals surface area contributed by atoms with Crippen molar-refractivity contribution >= 4 is 87.7 Å². The highest BCUT2D eigenvalue weighted by Crippen LogP contribution is 2.49. The molecule has 7 nitrogen and oxygen atoms in total. The van der Waals surface area contributed by atoms with Crippen molar-refractivity contribution in [2.75, 3.05) is 0 Å². The van der Waals surface area contributed by atoms with Gasteiger partial charge in [0.1, 0.15) is 11.9 Å². The van der Waals surface area contributed by atoms with Crippen molar-refractivity contribution in [2.45, 2.75) is 66.6 Å². The quantitative estimate of drug-likeness (QED) is 0.128. The molecule has 0 amide bonds. The maximum absolute atomic E-state index is 12.6. The molecule has 13 heteroatoms. The van der Waals surface area contributed by atoms with Crippen molar-refractivity contribution in [3.8, 4) is 12.0 Å². The molecule has 0 N–H and O–H groups in total. The highest BCUT2D eigenvalue weighted by molar-refractivity contribution is 6.67. The summed E-state index contributed by atoms with van der Waals surface area (Å²) in [6, 6.07) is 6.85. The number of aromatic nitrogens is 3. The van der Waals surface area contributed by atoms with Crippen LogP contribution in [0.3, 0.4) is 0 Å². The minimum absolute atomic E-state index is 0.0221. The first-order valence-electron chi connectivity index (χ1n) is 11.9. The van der Waals surface area contributed by atoms with Crippen molar-refractivity contribution < 1.29 is 14.3 Å². The van der Waals surface area contributed by atoms with Crippen LogP contribution >= 0.6 is 69.6 Å². The molecule has 2 atom stereocenters. The highest BCUT2D eigenvalue weighted by atomic mass is 35.6. The fourth-order valence-electron chi connectivity index (χ4n) is 5.01. The number of carbonyl (C=O) groups excluding carboxylic acids is 1. The lowest BCUT2D eigenvalue weighted by Gasteiger charge is -2.45. The molecule has 0 radical (unpaired) electrons. The second kappa shape index (κ2) is 12.5. The van der Waals surface area contributed by atoms with Gasteiger partial charge in [0, 0.05) is 6.42 Å². The normalized spacial score (nSPS) is 21.4. The summed E-state index contributed by atoms with van der Waals surface area (Å²) >= 11 is 35.4. The first-order chi connectivity index (χ1) is 18.0. The van der Waals surface area contributed by atoms with Crippen LogP contribution in [0.2, 0.25) is 0 Å². The molecule has 1 aliphatic carbocycles. The van der Waals surface area contributed by atoms with Gasteiger partial charge in [-0.3, -0.25) is 4.79 Å². The Bertz CT molecular complexity index is 1220. The zero-order valence-electron chi connectivity index (χ0n) is 21.4. The van der Waals surface area contributed by atoms with Crippen molar-refractivity contribution in [2.24, 2.45) is 10.8 Å². The van der Waals surface area contributed by atoms with E-state index in [4.69, 9.17) is 84.3 Å². The molecule has 1 aliphatic rings. The number of rotatable bonds is 7. The predicted molar refractivity (Wildman–Crippen MR) is 155 cm³/mol. The van der Waals surface area contributed by atoms with Crippen molar-refractivity contribution in [3.63, 3.8) is 0 Å². The summed E-state index contributed by atoms with van der Waals surface area (Å²) in [7, 11) is 0. The smallest absolute Gasteiger partial charge is 0.311 e. The lowest BCUT2D eigenvalue weighted by molar-refractivity contribution is -0.135. The molecule has 0 spiro atoms. The van der Waals surface area contributed by atoms with Crippen molar-refractivity contribution in [1.82, 2.24) is 15.0 Å². The Labute approximate surface area is 257 Å². The van der Waals surface area contributed by atoms with E-state index in [1.54, 1.807) is 30.3 Å². The Balaban J connectivity index is 1.63. The molecular formula is C26H26Cl6N4O3. The number of halogens is 6. The summed E-state index contributed by atoms with van der Waals surface area (Å²) in [6.07, 6.45) is 8.28. The van der Waals surface area contributed by atoms with Crippen LogP contribution in [-0.2, 0) is 17.1 Å². The summed E-state index contributed by atoms with van der Waals surface area (Å²) in [6.45, 7) is 6.45. The van der Waals surface area contributed by atoms with Gasteiger partial charge in [-0.15, -0.1) is 0 Å². The van der Waals surface area contributed by atoms with E-state index in [1.165, 1.54) is 6.08 Å². The first-order valence-corrected chi connectivity index (χ1v) is 14.2. The molecule has 39 heavy (non-hydrogen) atoms. The highest BCUT2D eigenvalue weighted by Gasteiger charge is 2.42. The fourth-order valence-corrected chi connectivity index (χ4v) is 5.52. The third kappa shape index (κ3) is 9.81.